The number of allylic oxidation sites excluding steroid dienone is 1. The van der Waals surface area contributed by atoms with Crippen LogP contribution in [0.5, 0.6) is 0 Å². The third-order valence-corrected chi connectivity index (χ3v) is 6.40. The number of hydrogen-bond donors (Lipinski definition) is 1. The molecule has 1 aromatic rings. The number of hydrogen-bond acceptors (Lipinski definition) is 6. The van der Waals surface area contributed by atoms with Crippen LogP contribution in [-0.4, -0.2) is 34.6 Å². The average molecular weight is 426 g/mol. The molecule has 0 saturated heterocycles. The van der Waals surface area contributed by atoms with Gasteiger partial charge in [-0.15, -0.1) is 0 Å². The standard InChI is InChI=1S/C23H27N3O3S/c1-5-29-22(28)20-15(4)24-23-26(21(20)18-10-13(2)6-7-14(18)3)17(12-30-23)11-19(27)25-16-8-9-16/h6-7,10,12,16,21H,5,8-9,11H2,1-4H3,(H,25,27). The van der Waals surface area contributed by atoms with E-state index in [4.69, 9.17) is 4.74 Å². The van der Waals surface area contributed by atoms with Gasteiger partial charge >= 0.3 is 5.97 Å². The van der Waals surface area contributed by atoms with E-state index in [1.807, 2.05) is 31.1 Å². The molecule has 30 heavy (non-hydrogen) atoms. The third-order valence-electron chi connectivity index (χ3n) is 5.51. The molecule has 1 aliphatic carbocycles. The summed E-state index contributed by atoms with van der Waals surface area (Å²) in [7, 11) is 0. The van der Waals surface area contributed by atoms with E-state index < -0.39 is 0 Å². The van der Waals surface area contributed by atoms with Crippen molar-refractivity contribution in [3.63, 3.8) is 0 Å². The second-order valence-corrected chi connectivity index (χ2v) is 8.83. The summed E-state index contributed by atoms with van der Waals surface area (Å²) in [5, 5.41) is 5.82. The maximum absolute atomic E-state index is 13.0. The molecule has 0 bridgehead atoms. The molecule has 7 heteroatoms. The molecular weight excluding hydrogens is 398 g/mol. The SMILES string of the molecule is CCOC(=O)C1=C(C)N=C2SC=C(CC(=O)NC3CC3)N2C1c1cc(C)ccc1C. The second-order valence-electron chi connectivity index (χ2n) is 7.99. The molecule has 1 unspecified atom stereocenters. The van der Waals surface area contributed by atoms with Gasteiger partial charge in [0, 0.05) is 11.7 Å². The average Bonchev–Trinajstić information content (AvgIpc) is 3.42. The summed E-state index contributed by atoms with van der Waals surface area (Å²) in [6.07, 6.45) is 2.37. The van der Waals surface area contributed by atoms with E-state index in [2.05, 4.69) is 28.5 Å². The van der Waals surface area contributed by atoms with Crippen molar-refractivity contribution in [2.75, 3.05) is 6.61 Å². The number of esters is 1. The fraction of sp³-hybridized carbons (Fsp3) is 0.435. The minimum atomic E-state index is -0.369. The van der Waals surface area contributed by atoms with Crippen LogP contribution in [0.3, 0.4) is 0 Å². The Balaban J connectivity index is 1.76. The minimum Gasteiger partial charge on any atom is -0.463 e. The van der Waals surface area contributed by atoms with Gasteiger partial charge in [0.05, 0.1) is 30.3 Å². The van der Waals surface area contributed by atoms with E-state index in [9.17, 15) is 9.59 Å². The zero-order valence-corrected chi connectivity index (χ0v) is 18.6. The number of nitrogens with zero attached hydrogens (tertiary/aromatic N) is 2. The van der Waals surface area contributed by atoms with E-state index in [-0.39, 0.29) is 24.3 Å². The largest absolute Gasteiger partial charge is 0.463 e. The van der Waals surface area contributed by atoms with Gasteiger partial charge in [0.25, 0.3) is 0 Å². The number of ether oxygens (including phenoxy) is 1. The molecule has 1 amide bonds. The Morgan fingerprint density at radius 2 is 2.03 bits per heavy atom. The van der Waals surface area contributed by atoms with Gasteiger partial charge in [-0.25, -0.2) is 9.79 Å². The minimum absolute atomic E-state index is 0.00859. The number of amides is 1. The number of rotatable bonds is 6. The molecule has 3 aliphatic rings. The molecule has 1 fully saturated rings. The van der Waals surface area contributed by atoms with Gasteiger partial charge in [-0.3, -0.25) is 4.79 Å². The Labute approximate surface area is 181 Å². The monoisotopic (exact) mass is 425 g/mol. The first kappa shape index (κ1) is 20.7. The van der Waals surface area contributed by atoms with Crippen LogP contribution in [0.15, 0.2) is 45.6 Å². The van der Waals surface area contributed by atoms with Crippen molar-refractivity contribution in [1.29, 1.82) is 0 Å². The number of aryl methyl sites for hydroxylation is 2. The lowest BCUT2D eigenvalue weighted by Crippen LogP contribution is -2.38. The number of nitrogens with one attached hydrogen (secondary N) is 1. The topological polar surface area (TPSA) is 71.0 Å². The molecular formula is C23H27N3O3S. The van der Waals surface area contributed by atoms with E-state index in [0.717, 1.165) is 40.4 Å². The summed E-state index contributed by atoms with van der Waals surface area (Å²) in [5.41, 5.74) is 5.28. The smallest absolute Gasteiger partial charge is 0.338 e. The maximum atomic E-state index is 13.0. The molecule has 1 aromatic carbocycles. The Hall–Kier alpha value is -2.54. The van der Waals surface area contributed by atoms with E-state index in [1.54, 1.807) is 6.92 Å². The van der Waals surface area contributed by atoms with Crippen molar-refractivity contribution in [3.05, 3.63) is 57.3 Å². The van der Waals surface area contributed by atoms with Crippen molar-refractivity contribution in [1.82, 2.24) is 10.2 Å². The zero-order valence-electron chi connectivity index (χ0n) is 17.8. The van der Waals surface area contributed by atoms with Gasteiger partial charge in [0.1, 0.15) is 0 Å². The molecule has 2 heterocycles. The highest BCUT2D eigenvalue weighted by atomic mass is 32.2. The Kier molecular flexibility index (Phi) is 5.73. The third kappa shape index (κ3) is 4.03. The van der Waals surface area contributed by atoms with Crippen LogP contribution in [0, 0.1) is 13.8 Å². The Bertz CT molecular complexity index is 991. The summed E-state index contributed by atoms with van der Waals surface area (Å²) >= 11 is 1.50. The molecule has 6 nitrogen and oxygen atoms in total. The van der Waals surface area contributed by atoms with Crippen LogP contribution in [0.4, 0.5) is 0 Å². The van der Waals surface area contributed by atoms with Gasteiger partial charge in [0.2, 0.25) is 5.91 Å². The Morgan fingerprint density at radius 1 is 1.27 bits per heavy atom. The van der Waals surface area contributed by atoms with Crippen LogP contribution in [0.1, 0.15) is 55.8 Å². The van der Waals surface area contributed by atoms with Crippen LogP contribution in [-0.2, 0) is 14.3 Å². The highest BCUT2D eigenvalue weighted by Crippen LogP contribution is 2.45. The maximum Gasteiger partial charge on any atom is 0.338 e. The first-order chi connectivity index (χ1) is 14.4. The number of fused-ring (bicyclic) bond motifs is 1. The highest BCUT2D eigenvalue weighted by Gasteiger charge is 2.41. The van der Waals surface area contributed by atoms with Crippen LogP contribution >= 0.6 is 11.8 Å². The van der Waals surface area contributed by atoms with Gasteiger partial charge in [0.15, 0.2) is 5.17 Å². The first-order valence-corrected chi connectivity index (χ1v) is 11.2. The lowest BCUT2D eigenvalue weighted by Gasteiger charge is -2.37. The number of carbonyl (C=O) groups excluding carboxylic acids is 2. The molecule has 2 aliphatic heterocycles. The van der Waals surface area contributed by atoms with Crippen molar-refractivity contribution >= 4 is 28.8 Å². The van der Waals surface area contributed by atoms with Gasteiger partial charge < -0.3 is 15.0 Å². The fourth-order valence-electron chi connectivity index (χ4n) is 3.86. The zero-order chi connectivity index (χ0) is 21.4. The van der Waals surface area contributed by atoms with Crippen molar-refractivity contribution in [2.45, 2.75) is 59.0 Å². The number of amidine groups is 1. The number of aliphatic imine (C=N–C) groups is 1. The summed E-state index contributed by atoms with van der Waals surface area (Å²) < 4.78 is 5.40. The van der Waals surface area contributed by atoms with Gasteiger partial charge in [-0.2, -0.15) is 0 Å². The van der Waals surface area contributed by atoms with E-state index in [1.165, 1.54) is 11.8 Å². The molecule has 4 rings (SSSR count). The summed E-state index contributed by atoms with van der Waals surface area (Å²) in [6.45, 7) is 8.04. The normalized spacial score (nSPS) is 20.5. The predicted octanol–water partition coefficient (Wildman–Crippen LogP) is 4.11. The summed E-state index contributed by atoms with van der Waals surface area (Å²) in [6, 6.07) is 6.19. The van der Waals surface area contributed by atoms with Gasteiger partial charge in [-0.05, 0) is 57.1 Å². The van der Waals surface area contributed by atoms with E-state index in [0.29, 0.717) is 23.9 Å². The fourth-order valence-corrected chi connectivity index (χ4v) is 4.82. The number of carbonyl (C=O) groups is 2. The predicted molar refractivity (Wildman–Crippen MR) is 119 cm³/mol. The first-order valence-electron chi connectivity index (χ1n) is 10.4. The highest BCUT2D eigenvalue weighted by molar-refractivity contribution is 8.16. The van der Waals surface area contributed by atoms with Crippen LogP contribution < -0.4 is 5.32 Å². The van der Waals surface area contributed by atoms with Crippen LogP contribution in [0.25, 0.3) is 0 Å². The van der Waals surface area contributed by atoms with Gasteiger partial charge in [-0.1, -0.05) is 35.5 Å². The molecule has 0 aromatic heterocycles. The van der Waals surface area contributed by atoms with Crippen LogP contribution in [0.2, 0.25) is 0 Å². The van der Waals surface area contributed by atoms with E-state index >= 15 is 0 Å². The number of thioether (sulfide) groups is 1. The molecule has 0 spiro atoms. The molecule has 0 radical (unpaired) electrons. The summed E-state index contributed by atoms with van der Waals surface area (Å²) in [4.78, 5) is 32.2. The van der Waals surface area contributed by atoms with Crippen molar-refractivity contribution < 1.29 is 14.3 Å². The molecule has 158 valence electrons. The Morgan fingerprint density at radius 3 is 2.73 bits per heavy atom. The lowest BCUT2D eigenvalue weighted by atomic mass is 9.90. The van der Waals surface area contributed by atoms with Crippen molar-refractivity contribution in [3.8, 4) is 0 Å². The van der Waals surface area contributed by atoms with Crippen molar-refractivity contribution in [2.24, 2.45) is 4.99 Å². The molecule has 1 saturated carbocycles. The summed E-state index contributed by atoms with van der Waals surface area (Å²) in [5.74, 6) is -0.350. The lowest BCUT2D eigenvalue weighted by molar-refractivity contribution is -0.139. The molecule has 1 N–H and O–H groups in total. The number of benzene rings is 1. The second kappa shape index (κ2) is 8.30. The molecule has 1 atom stereocenters. The quantitative estimate of drug-likeness (QED) is 0.695.